The molecule has 19 heavy (non-hydrogen) atoms. The van der Waals surface area contributed by atoms with Gasteiger partial charge >= 0.3 is 0 Å². The lowest BCUT2D eigenvalue weighted by Crippen LogP contribution is -2.16. The summed E-state index contributed by atoms with van der Waals surface area (Å²) in [6.45, 7) is 9.25. The third-order valence-electron chi connectivity index (χ3n) is 4.05. The fourth-order valence-corrected chi connectivity index (χ4v) is 2.40. The van der Waals surface area contributed by atoms with Crippen LogP contribution in [0.25, 0.3) is 0 Å². The standard InChI is InChI=1S/C17H27NO/c1-12(2)15(9-10-18)7-8-17(19)16-6-5-13(3)14(4)11-16/h5-6,11-12,15H,7-10,18H2,1-4H3. The Bertz CT molecular complexity index is 423. The Morgan fingerprint density at radius 3 is 2.37 bits per heavy atom. The molecule has 0 bridgehead atoms. The summed E-state index contributed by atoms with van der Waals surface area (Å²) in [6, 6.07) is 5.98. The van der Waals surface area contributed by atoms with Gasteiger partial charge in [0.15, 0.2) is 5.78 Å². The normalized spacial score (nSPS) is 12.7. The molecule has 1 aromatic carbocycles. The van der Waals surface area contributed by atoms with E-state index in [1.54, 1.807) is 0 Å². The lowest BCUT2D eigenvalue weighted by Gasteiger charge is -2.19. The molecule has 0 aliphatic carbocycles. The second kappa shape index (κ2) is 7.44. The molecule has 2 heteroatoms. The van der Waals surface area contributed by atoms with Crippen molar-refractivity contribution in [1.29, 1.82) is 0 Å². The van der Waals surface area contributed by atoms with E-state index in [0.29, 0.717) is 24.8 Å². The van der Waals surface area contributed by atoms with Gasteiger partial charge in [-0.05, 0) is 62.3 Å². The summed E-state index contributed by atoms with van der Waals surface area (Å²) in [4.78, 5) is 12.2. The van der Waals surface area contributed by atoms with E-state index in [1.165, 1.54) is 11.1 Å². The molecule has 0 saturated heterocycles. The zero-order chi connectivity index (χ0) is 14.4. The minimum absolute atomic E-state index is 0.255. The van der Waals surface area contributed by atoms with Gasteiger partial charge in [-0.2, -0.15) is 0 Å². The van der Waals surface area contributed by atoms with Crippen molar-refractivity contribution in [2.45, 2.75) is 47.0 Å². The predicted molar refractivity (Wildman–Crippen MR) is 81.5 cm³/mol. The van der Waals surface area contributed by atoms with Crippen molar-refractivity contribution in [2.75, 3.05) is 6.54 Å². The summed E-state index contributed by atoms with van der Waals surface area (Å²) in [5.74, 6) is 1.40. The monoisotopic (exact) mass is 261 g/mol. The minimum Gasteiger partial charge on any atom is -0.330 e. The molecule has 0 amide bonds. The fraction of sp³-hybridized carbons (Fsp3) is 0.588. The van der Waals surface area contributed by atoms with Crippen LogP contribution in [0.15, 0.2) is 18.2 Å². The Labute approximate surface area is 117 Å². The molecular formula is C17H27NO. The van der Waals surface area contributed by atoms with Crippen molar-refractivity contribution in [2.24, 2.45) is 17.6 Å². The van der Waals surface area contributed by atoms with E-state index in [-0.39, 0.29) is 5.78 Å². The molecule has 0 heterocycles. The first kappa shape index (κ1) is 15.9. The molecule has 0 radical (unpaired) electrons. The summed E-state index contributed by atoms with van der Waals surface area (Å²) < 4.78 is 0. The van der Waals surface area contributed by atoms with Crippen molar-refractivity contribution in [3.05, 3.63) is 34.9 Å². The van der Waals surface area contributed by atoms with Crippen molar-refractivity contribution in [3.63, 3.8) is 0 Å². The SMILES string of the molecule is Cc1ccc(C(=O)CCC(CCN)C(C)C)cc1C. The van der Waals surface area contributed by atoms with E-state index in [4.69, 9.17) is 5.73 Å². The van der Waals surface area contributed by atoms with Crippen LogP contribution in [0.3, 0.4) is 0 Å². The number of benzene rings is 1. The minimum atomic E-state index is 0.255. The van der Waals surface area contributed by atoms with Crippen LogP contribution in [0.4, 0.5) is 0 Å². The highest BCUT2D eigenvalue weighted by Gasteiger charge is 2.15. The van der Waals surface area contributed by atoms with Crippen LogP contribution in [0.5, 0.6) is 0 Å². The number of hydrogen-bond acceptors (Lipinski definition) is 2. The Hall–Kier alpha value is -1.15. The summed E-state index contributed by atoms with van der Waals surface area (Å²) in [5.41, 5.74) is 8.91. The van der Waals surface area contributed by atoms with Gasteiger partial charge in [-0.15, -0.1) is 0 Å². The molecule has 1 aromatic rings. The molecule has 106 valence electrons. The highest BCUT2D eigenvalue weighted by molar-refractivity contribution is 5.96. The number of hydrogen-bond donors (Lipinski definition) is 1. The fourth-order valence-electron chi connectivity index (χ4n) is 2.40. The van der Waals surface area contributed by atoms with Crippen LogP contribution >= 0.6 is 0 Å². The Kier molecular flexibility index (Phi) is 6.23. The van der Waals surface area contributed by atoms with Gasteiger partial charge in [-0.1, -0.05) is 26.0 Å². The van der Waals surface area contributed by atoms with Gasteiger partial charge in [0.05, 0.1) is 0 Å². The Morgan fingerprint density at radius 2 is 1.84 bits per heavy atom. The van der Waals surface area contributed by atoms with Crippen LogP contribution in [0.2, 0.25) is 0 Å². The maximum atomic E-state index is 12.2. The number of rotatable bonds is 7. The molecule has 1 atom stereocenters. The quantitative estimate of drug-likeness (QED) is 0.757. The third kappa shape index (κ3) is 4.79. The van der Waals surface area contributed by atoms with E-state index in [1.807, 2.05) is 18.2 Å². The van der Waals surface area contributed by atoms with Gasteiger partial charge in [-0.25, -0.2) is 0 Å². The Balaban J connectivity index is 2.61. The average Bonchev–Trinajstić information content (AvgIpc) is 2.37. The molecule has 0 aliphatic heterocycles. The number of Topliss-reactive ketones (excluding diaryl/α,β-unsaturated/α-hetero) is 1. The van der Waals surface area contributed by atoms with Crippen molar-refractivity contribution in [1.82, 2.24) is 0 Å². The lowest BCUT2D eigenvalue weighted by molar-refractivity contribution is 0.0969. The Morgan fingerprint density at radius 1 is 1.16 bits per heavy atom. The lowest BCUT2D eigenvalue weighted by atomic mass is 9.87. The summed E-state index contributed by atoms with van der Waals surface area (Å²) in [7, 11) is 0. The molecule has 1 unspecified atom stereocenters. The third-order valence-corrected chi connectivity index (χ3v) is 4.05. The van der Waals surface area contributed by atoms with Crippen LogP contribution in [-0.4, -0.2) is 12.3 Å². The number of nitrogens with two attached hydrogens (primary N) is 1. The number of ketones is 1. The largest absolute Gasteiger partial charge is 0.330 e. The number of carbonyl (C=O) groups excluding carboxylic acids is 1. The van der Waals surface area contributed by atoms with E-state index in [9.17, 15) is 4.79 Å². The predicted octanol–water partition coefficient (Wildman–Crippen LogP) is 3.89. The smallest absolute Gasteiger partial charge is 0.162 e. The van der Waals surface area contributed by atoms with Gasteiger partial charge in [0.2, 0.25) is 0 Å². The van der Waals surface area contributed by atoms with Crippen LogP contribution in [0, 0.1) is 25.7 Å². The molecule has 0 aromatic heterocycles. The average molecular weight is 261 g/mol. The van der Waals surface area contributed by atoms with Crippen LogP contribution in [0.1, 0.15) is 54.6 Å². The van der Waals surface area contributed by atoms with Gasteiger partial charge in [-0.3, -0.25) is 4.79 Å². The van der Waals surface area contributed by atoms with Gasteiger partial charge < -0.3 is 5.73 Å². The van der Waals surface area contributed by atoms with Crippen molar-refractivity contribution in [3.8, 4) is 0 Å². The van der Waals surface area contributed by atoms with Gasteiger partial charge in [0, 0.05) is 12.0 Å². The van der Waals surface area contributed by atoms with Gasteiger partial charge in [0.1, 0.15) is 0 Å². The van der Waals surface area contributed by atoms with E-state index in [2.05, 4.69) is 27.7 Å². The summed E-state index contributed by atoms with van der Waals surface area (Å²) in [6.07, 6.45) is 2.59. The van der Waals surface area contributed by atoms with Crippen LogP contribution < -0.4 is 5.73 Å². The molecule has 1 rings (SSSR count). The number of aryl methyl sites for hydroxylation is 2. The topological polar surface area (TPSA) is 43.1 Å². The van der Waals surface area contributed by atoms with Crippen molar-refractivity contribution < 1.29 is 4.79 Å². The summed E-state index contributed by atoms with van der Waals surface area (Å²) >= 11 is 0. The first-order chi connectivity index (χ1) is 8.95. The molecular weight excluding hydrogens is 234 g/mol. The van der Waals surface area contributed by atoms with E-state index in [0.717, 1.165) is 18.4 Å². The van der Waals surface area contributed by atoms with Gasteiger partial charge in [0.25, 0.3) is 0 Å². The van der Waals surface area contributed by atoms with Crippen molar-refractivity contribution >= 4 is 5.78 Å². The van der Waals surface area contributed by atoms with E-state index < -0.39 is 0 Å². The molecule has 2 nitrogen and oxygen atoms in total. The van der Waals surface area contributed by atoms with E-state index >= 15 is 0 Å². The summed E-state index contributed by atoms with van der Waals surface area (Å²) in [5, 5.41) is 0. The molecule has 0 saturated carbocycles. The maximum Gasteiger partial charge on any atom is 0.162 e. The first-order valence-corrected chi connectivity index (χ1v) is 7.26. The second-order valence-corrected chi connectivity index (χ2v) is 5.84. The molecule has 0 fully saturated rings. The molecule has 0 aliphatic rings. The number of carbonyl (C=O) groups is 1. The first-order valence-electron chi connectivity index (χ1n) is 7.26. The second-order valence-electron chi connectivity index (χ2n) is 5.84. The zero-order valence-corrected chi connectivity index (χ0v) is 12.7. The van der Waals surface area contributed by atoms with Crippen LogP contribution in [-0.2, 0) is 0 Å². The highest BCUT2D eigenvalue weighted by Crippen LogP contribution is 2.22. The molecule has 2 N–H and O–H groups in total. The highest BCUT2D eigenvalue weighted by atomic mass is 16.1. The maximum absolute atomic E-state index is 12.2. The molecule has 0 spiro atoms. The zero-order valence-electron chi connectivity index (χ0n) is 12.7.